The average molecular weight is 261 g/mol. The molecule has 0 amide bonds. The second-order valence-electron chi connectivity index (χ2n) is 5.66. The molecule has 2 nitrogen and oxygen atoms in total. The molecule has 1 aliphatic rings. The van der Waals surface area contributed by atoms with Gasteiger partial charge >= 0.3 is 0 Å². The van der Waals surface area contributed by atoms with E-state index in [-0.39, 0.29) is 5.56 Å². The van der Waals surface area contributed by atoms with E-state index >= 15 is 0 Å². The van der Waals surface area contributed by atoms with Crippen LogP contribution in [0.4, 0.5) is 4.39 Å². The van der Waals surface area contributed by atoms with Crippen LogP contribution in [0.2, 0.25) is 0 Å². The molecule has 19 heavy (non-hydrogen) atoms. The molecule has 0 bridgehead atoms. The number of aliphatic hydroxyl groups is 1. The molecule has 2 rings (SSSR count). The van der Waals surface area contributed by atoms with E-state index in [9.17, 15) is 14.8 Å². The van der Waals surface area contributed by atoms with Gasteiger partial charge in [0.15, 0.2) is 0 Å². The number of halogens is 1. The SMILES string of the molecule is CC(O)(c1ccccc1F)C1(C#N)CCCCCC1. The first kappa shape index (κ1) is 14.0. The molecule has 1 atom stereocenters. The molecule has 1 aliphatic carbocycles. The summed E-state index contributed by atoms with van der Waals surface area (Å²) in [6, 6.07) is 8.53. The van der Waals surface area contributed by atoms with Gasteiger partial charge in [-0.2, -0.15) is 5.26 Å². The largest absolute Gasteiger partial charge is 0.384 e. The Kier molecular flexibility index (Phi) is 3.91. The van der Waals surface area contributed by atoms with Crippen LogP contribution in [0, 0.1) is 22.6 Å². The van der Waals surface area contributed by atoms with Crippen LogP contribution >= 0.6 is 0 Å². The van der Waals surface area contributed by atoms with Crippen molar-refractivity contribution in [2.75, 3.05) is 0 Å². The number of nitrogens with zero attached hydrogens (tertiary/aromatic N) is 1. The summed E-state index contributed by atoms with van der Waals surface area (Å²) in [4.78, 5) is 0. The van der Waals surface area contributed by atoms with Gasteiger partial charge in [0, 0.05) is 5.56 Å². The summed E-state index contributed by atoms with van der Waals surface area (Å²) in [6.45, 7) is 1.58. The number of benzene rings is 1. The number of hydrogen-bond acceptors (Lipinski definition) is 2. The normalized spacial score (nSPS) is 22.0. The smallest absolute Gasteiger partial charge is 0.129 e. The van der Waals surface area contributed by atoms with E-state index in [1.165, 1.54) is 6.07 Å². The van der Waals surface area contributed by atoms with Crippen LogP contribution in [-0.4, -0.2) is 5.11 Å². The highest BCUT2D eigenvalue weighted by molar-refractivity contribution is 5.29. The van der Waals surface area contributed by atoms with Gasteiger partial charge in [-0.15, -0.1) is 0 Å². The van der Waals surface area contributed by atoms with Crippen molar-refractivity contribution in [2.24, 2.45) is 5.41 Å². The standard InChI is InChI=1S/C16H20FNO/c1-15(19,13-8-4-5-9-14(13)17)16(12-18)10-6-2-3-7-11-16/h4-5,8-9,19H,2-3,6-7,10-11H2,1H3. The maximum absolute atomic E-state index is 14.0. The van der Waals surface area contributed by atoms with E-state index in [1.54, 1.807) is 25.1 Å². The van der Waals surface area contributed by atoms with Crippen LogP contribution in [0.3, 0.4) is 0 Å². The lowest BCUT2D eigenvalue weighted by molar-refractivity contribution is -0.0559. The molecule has 0 radical (unpaired) electrons. The van der Waals surface area contributed by atoms with Gasteiger partial charge in [-0.05, 0) is 25.8 Å². The van der Waals surface area contributed by atoms with E-state index in [4.69, 9.17) is 0 Å². The van der Waals surface area contributed by atoms with Crippen molar-refractivity contribution in [1.29, 1.82) is 5.26 Å². The Bertz CT molecular complexity index is 482. The van der Waals surface area contributed by atoms with Gasteiger partial charge in [0.2, 0.25) is 0 Å². The predicted octanol–water partition coefficient (Wildman–Crippen LogP) is 3.90. The molecule has 1 unspecified atom stereocenters. The number of hydrogen-bond donors (Lipinski definition) is 1. The van der Waals surface area contributed by atoms with Gasteiger partial charge < -0.3 is 5.11 Å². The Morgan fingerprint density at radius 3 is 2.32 bits per heavy atom. The lowest BCUT2D eigenvalue weighted by atomic mass is 9.66. The van der Waals surface area contributed by atoms with Crippen LogP contribution in [0.15, 0.2) is 24.3 Å². The van der Waals surface area contributed by atoms with Crippen molar-refractivity contribution in [3.05, 3.63) is 35.6 Å². The summed E-state index contributed by atoms with van der Waals surface area (Å²) < 4.78 is 14.0. The van der Waals surface area contributed by atoms with Crippen LogP contribution in [0.1, 0.15) is 51.0 Å². The third-order valence-corrected chi connectivity index (χ3v) is 4.50. The molecule has 1 fully saturated rings. The first-order valence-corrected chi connectivity index (χ1v) is 6.92. The summed E-state index contributed by atoms with van der Waals surface area (Å²) in [7, 11) is 0. The Balaban J connectivity index is 2.46. The fourth-order valence-electron chi connectivity index (χ4n) is 3.15. The lowest BCUT2D eigenvalue weighted by Gasteiger charge is -2.40. The van der Waals surface area contributed by atoms with Crippen molar-refractivity contribution < 1.29 is 9.50 Å². The molecule has 1 aromatic carbocycles. The minimum absolute atomic E-state index is 0.235. The van der Waals surface area contributed by atoms with E-state index < -0.39 is 16.8 Å². The molecule has 0 aromatic heterocycles. The quantitative estimate of drug-likeness (QED) is 0.821. The van der Waals surface area contributed by atoms with E-state index in [0.29, 0.717) is 12.8 Å². The topological polar surface area (TPSA) is 44.0 Å². The second-order valence-corrected chi connectivity index (χ2v) is 5.66. The van der Waals surface area contributed by atoms with Gasteiger partial charge in [0.1, 0.15) is 11.4 Å². The summed E-state index contributed by atoms with van der Waals surface area (Å²) in [5.41, 5.74) is -2.10. The van der Waals surface area contributed by atoms with Gasteiger partial charge in [-0.1, -0.05) is 43.9 Å². The summed E-state index contributed by atoms with van der Waals surface area (Å²) in [6.07, 6.45) is 5.25. The maximum Gasteiger partial charge on any atom is 0.129 e. The van der Waals surface area contributed by atoms with E-state index in [0.717, 1.165) is 25.7 Å². The Morgan fingerprint density at radius 2 is 1.79 bits per heavy atom. The fourth-order valence-corrected chi connectivity index (χ4v) is 3.15. The zero-order valence-corrected chi connectivity index (χ0v) is 11.3. The third-order valence-electron chi connectivity index (χ3n) is 4.50. The minimum atomic E-state index is -1.45. The lowest BCUT2D eigenvalue weighted by Crippen LogP contribution is -2.43. The summed E-state index contributed by atoms with van der Waals surface area (Å²) >= 11 is 0. The molecular weight excluding hydrogens is 241 g/mol. The Hall–Kier alpha value is -1.40. The third kappa shape index (κ3) is 2.37. The second kappa shape index (κ2) is 5.30. The zero-order chi connectivity index (χ0) is 13.9. The maximum atomic E-state index is 14.0. The van der Waals surface area contributed by atoms with Crippen molar-refractivity contribution in [3.8, 4) is 6.07 Å². The van der Waals surface area contributed by atoms with Crippen molar-refractivity contribution in [1.82, 2.24) is 0 Å². The Morgan fingerprint density at radius 1 is 1.21 bits per heavy atom. The van der Waals surface area contributed by atoms with Crippen molar-refractivity contribution in [3.63, 3.8) is 0 Å². The van der Waals surface area contributed by atoms with Crippen LogP contribution in [0.5, 0.6) is 0 Å². The van der Waals surface area contributed by atoms with Gasteiger partial charge in [-0.3, -0.25) is 0 Å². The molecule has 1 aromatic rings. The first-order chi connectivity index (χ1) is 9.03. The average Bonchev–Trinajstić information content (AvgIpc) is 2.65. The molecule has 1 N–H and O–H groups in total. The number of nitriles is 1. The summed E-state index contributed by atoms with van der Waals surface area (Å²) in [5.74, 6) is -0.439. The summed E-state index contributed by atoms with van der Waals surface area (Å²) in [5, 5.41) is 20.5. The van der Waals surface area contributed by atoms with Crippen LogP contribution < -0.4 is 0 Å². The zero-order valence-electron chi connectivity index (χ0n) is 11.3. The van der Waals surface area contributed by atoms with E-state index in [2.05, 4.69) is 6.07 Å². The highest BCUT2D eigenvalue weighted by Gasteiger charge is 2.49. The fraction of sp³-hybridized carbons (Fsp3) is 0.562. The monoisotopic (exact) mass is 261 g/mol. The van der Waals surface area contributed by atoms with Crippen LogP contribution in [-0.2, 0) is 5.60 Å². The van der Waals surface area contributed by atoms with Crippen molar-refractivity contribution >= 4 is 0 Å². The molecule has 0 saturated heterocycles. The van der Waals surface area contributed by atoms with E-state index in [1.807, 2.05) is 0 Å². The Labute approximate surface area is 113 Å². The molecule has 0 heterocycles. The van der Waals surface area contributed by atoms with Crippen LogP contribution in [0.25, 0.3) is 0 Å². The first-order valence-electron chi connectivity index (χ1n) is 6.92. The molecule has 0 aliphatic heterocycles. The molecular formula is C16H20FNO. The van der Waals surface area contributed by atoms with Crippen molar-refractivity contribution in [2.45, 2.75) is 51.0 Å². The van der Waals surface area contributed by atoms with Gasteiger partial charge in [-0.25, -0.2) is 4.39 Å². The molecule has 3 heteroatoms. The predicted molar refractivity (Wildman–Crippen MR) is 71.7 cm³/mol. The highest BCUT2D eigenvalue weighted by Crippen LogP contribution is 2.49. The highest BCUT2D eigenvalue weighted by atomic mass is 19.1. The number of rotatable bonds is 2. The van der Waals surface area contributed by atoms with Gasteiger partial charge in [0.25, 0.3) is 0 Å². The minimum Gasteiger partial charge on any atom is -0.384 e. The van der Waals surface area contributed by atoms with Gasteiger partial charge in [0.05, 0.1) is 11.5 Å². The molecule has 0 spiro atoms. The molecule has 1 saturated carbocycles. The molecule has 102 valence electrons.